The van der Waals surface area contributed by atoms with E-state index in [0.29, 0.717) is 21.5 Å². The number of carbonyl (C=O) groups is 3. The van der Waals surface area contributed by atoms with E-state index in [1.807, 2.05) is 6.07 Å². The third-order valence-electron chi connectivity index (χ3n) is 6.26. The van der Waals surface area contributed by atoms with Crippen LogP contribution in [-0.4, -0.2) is 41.1 Å². The minimum atomic E-state index is -0.458. The Morgan fingerprint density at radius 1 is 1.21 bits per heavy atom. The normalized spacial score (nSPS) is 20.9. The summed E-state index contributed by atoms with van der Waals surface area (Å²) < 4.78 is 0. The maximum atomic E-state index is 12.9. The number of anilines is 2. The fourth-order valence-corrected chi connectivity index (χ4v) is 5.31. The first-order valence-corrected chi connectivity index (χ1v) is 11.9. The van der Waals surface area contributed by atoms with Crippen LogP contribution in [0.1, 0.15) is 44.2 Å². The monoisotopic (exact) mass is 483 g/mol. The van der Waals surface area contributed by atoms with Crippen molar-refractivity contribution in [3.8, 4) is 0 Å². The fourth-order valence-electron chi connectivity index (χ4n) is 4.35. The van der Waals surface area contributed by atoms with Crippen LogP contribution in [-0.2, 0) is 9.59 Å². The number of nitrogens with zero attached hydrogens (tertiary/aromatic N) is 2. The summed E-state index contributed by atoms with van der Waals surface area (Å²) in [6, 6.07) is 12.7. The van der Waals surface area contributed by atoms with E-state index < -0.39 is 17.1 Å². The van der Waals surface area contributed by atoms with Gasteiger partial charge < -0.3 is 10.2 Å². The van der Waals surface area contributed by atoms with Crippen molar-refractivity contribution in [2.75, 3.05) is 23.8 Å². The van der Waals surface area contributed by atoms with Gasteiger partial charge in [0.1, 0.15) is 6.54 Å². The van der Waals surface area contributed by atoms with Crippen LogP contribution in [0.4, 0.5) is 16.2 Å². The molecule has 1 saturated heterocycles. The molecule has 6 nitrogen and oxygen atoms in total. The maximum Gasteiger partial charge on any atom is 0.294 e. The zero-order valence-corrected chi connectivity index (χ0v) is 20.6. The van der Waals surface area contributed by atoms with Crippen molar-refractivity contribution in [2.45, 2.75) is 38.6 Å². The molecule has 0 saturated carbocycles. The van der Waals surface area contributed by atoms with Crippen LogP contribution < -0.4 is 10.2 Å². The number of halogens is 1. The van der Waals surface area contributed by atoms with Crippen LogP contribution in [0.25, 0.3) is 6.08 Å². The Morgan fingerprint density at radius 3 is 2.61 bits per heavy atom. The molecule has 1 unspecified atom stereocenters. The number of fused-ring (bicyclic) bond motifs is 1. The van der Waals surface area contributed by atoms with Gasteiger partial charge in [0, 0.05) is 29.0 Å². The van der Waals surface area contributed by atoms with Crippen LogP contribution in [0, 0.1) is 0 Å². The van der Waals surface area contributed by atoms with Gasteiger partial charge in [-0.25, -0.2) is 0 Å². The zero-order valence-electron chi connectivity index (χ0n) is 19.0. The van der Waals surface area contributed by atoms with Gasteiger partial charge in [0.25, 0.3) is 11.1 Å². The van der Waals surface area contributed by atoms with Gasteiger partial charge in [-0.15, -0.1) is 0 Å². The quantitative estimate of drug-likeness (QED) is 0.562. The maximum absolute atomic E-state index is 12.9. The van der Waals surface area contributed by atoms with Crippen LogP contribution in [0.3, 0.4) is 0 Å². The molecule has 3 amide bonds. The van der Waals surface area contributed by atoms with Crippen molar-refractivity contribution in [3.63, 3.8) is 0 Å². The molecule has 2 aromatic carbocycles. The summed E-state index contributed by atoms with van der Waals surface area (Å²) in [7, 11) is 2.10. The molecule has 0 aliphatic carbocycles. The van der Waals surface area contributed by atoms with E-state index in [9.17, 15) is 14.4 Å². The summed E-state index contributed by atoms with van der Waals surface area (Å²) >= 11 is 6.71. The van der Waals surface area contributed by atoms with E-state index in [1.165, 1.54) is 11.3 Å². The van der Waals surface area contributed by atoms with Gasteiger partial charge in [-0.05, 0) is 91.5 Å². The summed E-state index contributed by atoms with van der Waals surface area (Å²) in [5.41, 5.74) is 3.89. The highest BCUT2D eigenvalue weighted by Crippen LogP contribution is 2.43. The lowest BCUT2D eigenvalue weighted by molar-refractivity contribution is -0.127. The molecule has 2 heterocycles. The van der Waals surface area contributed by atoms with Crippen LogP contribution in [0.15, 0.2) is 47.4 Å². The second kappa shape index (κ2) is 8.88. The van der Waals surface area contributed by atoms with Gasteiger partial charge in [-0.1, -0.05) is 24.6 Å². The summed E-state index contributed by atoms with van der Waals surface area (Å²) in [6.45, 7) is 6.34. The Morgan fingerprint density at radius 2 is 1.91 bits per heavy atom. The molecule has 2 aliphatic heterocycles. The van der Waals surface area contributed by atoms with E-state index in [4.69, 9.17) is 11.6 Å². The predicted octanol–water partition coefficient (Wildman–Crippen LogP) is 5.74. The van der Waals surface area contributed by atoms with Gasteiger partial charge in [0.2, 0.25) is 5.91 Å². The number of rotatable bonds is 4. The minimum Gasteiger partial charge on any atom is -0.369 e. The number of thioether (sulfide) groups is 1. The predicted molar refractivity (Wildman–Crippen MR) is 135 cm³/mol. The molecule has 0 radical (unpaired) electrons. The highest BCUT2D eigenvalue weighted by Gasteiger charge is 2.37. The zero-order chi connectivity index (χ0) is 23.9. The smallest absolute Gasteiger partial charge is 0.294 e. The number of amides is 3. The molecule has 8 heteroatoms. The topological polar surface area (TPSA) is 69.7 Å². The van der Waals surface area contributed by atoms with E-state index in [1.54, 1.807) is 30.3 Å². The molecule has 2 aromatic rings. The van der Waals surface area contributed by atoms with E-state index >= 15 is 0 Å². The first kappa shape index (κ1) is 23.4. The molecule has 1 N–H and O–H groups in total. The van der Waals surface area contributed by atoms with Crippen LogP contribution in [0.5, 0.6) is 0 Å². The Kier molecular flexibility index (Phi) is 6.29. The van der Waals surface area contributed by atoms with Gasteiger partial charge in [0.15, 0.2) is 0 Å². The molecule has 2 aliphatic rings. The Bertz CT molecular complexity index is 1160. The fraction of sp³-hybridized carbons (Fsp3) is 0.320. The van der Waals surface area contributed by atoms with Crippen molar-refractivity contribution in [1.29, 1.82) is 0 Å². The minimum absolute atomic E-state index is 0.0726. The van der Waals surface area contributed by atoms with Crippen molar-refractivity contribution < 1.29 is 14.4 Å². The summed E-state index contributed by atoms with van der Waals surface area (Å²) in [4.78, 5) is 41.2. The Labute approximate surface area is 203 Å². The van der Waals surface area contributed by atoms with Crippen molar-refractivity contribution >= 4 is 57.9 Å². The molecule has 4 rings (SSSR count). The number of carbonyl (C=O) groups excluding carboxylic acids is 3. The lowest BCUT2D eigenvalue weighted by Gasteiger charge is -2.45. The van der Waals surface area contributed by atoms with Crippen molar-refractivity contribution in [1.82, 2.24) is 4.90 Å². The van der Waals surface area contributed by atoms with E-state index in [-0.39, 0.29) is 12.1 Å². The SMILES string of the molecule is CC1CC(C)(C)N(C)c2ccc(/C=C3\SC(=O)N(CC(=O)Nc4ccc(Cl)cc4)C3=O)cc21. The number of hydrogen-bond donors (Lipinski definition) is 1. The summed E-state index contributed by atoms with van der Waals surface area (Å²) in [6.07, 6.45) is 2.76. The molecule has 0 bridgehead atoms. The van der Waals surface area contributed by atoms with Crippen molar-refractivity contribution in [2.24, 2.45) is 0 Å². The molecule has 0 spiro atoms. The highest BCUT2D eigenvalue weighted by atomic mass is 35.5. The standard InChI is InChI=1S/C25H26ClN3O3S/c1-15-13-25(2,3)28(4)20-10-5-16(11-19(15)20)12-21-23(31)29(24(32)33-21)14-22(30)27-18-8-6-17(26)7-9-18/h5-12,15H,13-14H2,1-4H3,(H,27,30)/b21-12-. The van der Waals surface area contributed by atoms with Gasteiger partial charge in [-0.2, -0.15) is 0 Å². The van der Waals surface area contributed by atoms with Gasteiger partial charge in [-0.3, -0.25) is 19.3 Å². The Hall–Kier alpha value is -2.77. The average Bonchev–Trinajstić information content (AvgIpc) is 3.01. The second-order valence-corrected chi connectivity index (χ2v) is 10.5. The highest BCUT2D eigenvalue weighted by molar-refractivity contribution is 8.18. The lowest BCUT2D eigenvalue weighted by Crippen LogP contribution is -2.45. The summed E-state index contributed by atoms with van der Waals surface area (Å²) in [5, 5.41) is 2.77. The largest absolute Gasteiger partial charge is 0.369 e. The molecule has 1 fully saturated rings. The molecular formula is C25H26ClN3O3S. The van der Waals surface area contributed by atoms with Crippen LogP contribution >= 0.6 is 23.4 Å². The summed E-state index contributed by atoms with van der Waals surface area (Å²) in [5.74, 6) is -0.527. The molecule has 1 atom stereocenters. The van der Waals surface area contributed by atoms with E-state index in [2.05, 4.69) is 50.2 Å². The Balaban J connectivity index is 1.49. The average molecular weight is 484 g/mol. The van der Waals surface area contributed by atoms with Crippen LogP contribution in [0.2, 0.25) is 5.02 Å². The van der Waals surface area contributed by atoms with Gasteiger partial charge in [0.05, 0.1) is 4.91 Å². The number of imide groups is 1. The first-order valence-electron chi connectivity index (χ1n) is 10.7. The molecule has 33 heavy (non-hydrogen) atoms. The van der Waals surface area contributed by atoms with Crippen molar-refractivity contribution in [3.05, 3.63) is 63.5 Å². The molecular weight excluding hydrogens is 458 g/mol. The second-order valence-electron chi connectivity index (χ2n) is 9.12. The third-order valence-corrected chi connectivity index (χ3v) is 7.42. The third kappa shape index (κ3) is 4.80. The van der Waals surface area contributed by atoms with E-state index in [0.717, 1.165) is 28.6 Å². The molecule has 0 aromatic heterocycles. The number of benzene rings is 2. The molecule has 172 valence electrons. The first-order chi connectivity index (χ1) is 15.5. The number of hydrogen-bond acceptors (Lipinski definition) is 5. The van der Waals surface area contributed by atoms with Gasteiger partial charge >= 0.3 is 0 Å². The number of nitrogens with one attached hydrogen (secondary N) is 1. The lowest BCUT2D eigenvalue weighted by atomic mass is 9.80.